The molecule has 0 amide bonds. The summed E-state index contributed by atoms with van der Waals surface area (Å²) in [5.74, 6) is -3.74. The number of pyridine rings is 1. The number of piperazine rings is 1. The third kappa shape index (κ3) is 8.78. The molecule has 0 aliphatic carbocycles. The van der Waals surface area contributed by atoms with E-state index >= 15 is 0 Å². The Balaban J connectivity index is 1.31. The highest BCUT2D eigenvalue weighted by molar-refractivity contribution is 9.10. The van der Waals surface area contributed by atoms with E-state index in [2.05, 4.69) is 35.6 Å². The lowest BCUT2D eigenvalue weighted by Crippen LogP contribution is -2.51. The van der Waals surface area contributed by atoms with Crippen LogP contribution >= 0.6 is 15.9 Å². The molecule has 228 valence electrons. The van der Waals surface area contributed by atoms with Gasteiger partial charge in [-0.2, -0.15) is 26.3 Å². The van der Waals surface area contributed by atoms with Crippen LogP contribution < -0.4 is 4.74 Å². The highest BCUT2D eigenvalue weighted by Gasteiger charge is 2.43. The van der Waals surface area contributed by atoms with Gasteiger partial charge in [0.15, 0.2) is 5.65 Å². The number of aromatic amines is 1. The second-order valence-electron chi connectivity index (χ2n) is 9.24. The highest BCUT2D eigenvalue weighted by Crippen LogP contribution is 2.24. The number of nitrogens with zero attached hydrogens (tertiary/aromatic N) is 4. The molecule has 10 nitrogen and oxygen atoms in total. The van der Waals surface area contributed by atoms with Gasteiger partial charge in [-0.1, -0.05) is 0 Å². The minimum absolute atomic E-state index is 0.0589. The van der Waals surface area contributed by atoms with Crippen molar-refractivity contribution in [1.82, 2.24) is 24.8 Å². The summed E-state index contributed by atoms with van der Waals surface area (Å²) >= 11 is 3.34. The molecule has 0 spiro atoms. The molecule has 1 aliphatic rings. The standard InChI is InChI=1S/C25H24BrF6N5O5/c26-16-11-19-21(33-12-16)35-20(34-19)15-1-3-17(4-2-15)41-14-18(42-23(39)25(30,31)32)13-37-7-5-36(6-8-37)9-10-40-22(38)24(27,28)29/h1-4,11-12,18H,5-10,13-14H2,(H,33,34,35). The predicted molar refractivity (Wildman–Crippen MR) is 138 cm³/mol. The first kappa shape index (κ1) is 31.5. The molecule has 42 heavy (non-hydrogen) atoms. The number of carbonyl (C=O) groups excluding carboxylic acids is 2. The molecule has 0 saturated carbocycles. The lowest BCUT2D eigenvalue weighted by molar-refractivity contribution is -0.206. The van der Waals surface area contributed by atoms with E-state index in [0.717, 1.165) is 4.47 Å². The van der Waals surface area contributed by atoms with Crippen LogP contribution in [0.25, 0.3) is 22.6 Å². The van der Waals surface area contributed by atoms with Gasteiger partial charge in [-0.25, -0.2) is 19.6 Å². The molecule has 1 aromatic carbocycles. The summed E-state index contributed by atoms with van der Waals surface area (Å²) in [6, 6.07) is 8.39. The van der Waals surface area contributed by atoms with E-state index < -0.39 is 37.0 Å². The number of ether oxygens (including phenoxy) is 3. The molecule has 1 unspecified atom stereocenters. The summed E-state index contributed by atoms with van der Waals surface area (Å²) in [6.45, 7) is 0.511. The van der Waals surface area contributed by atoms with E-state index in [1.807, 2.05) is 0 Å². The monoisotopic (exact) mass is 667 g/mol. The number of benzene rings is 1. The smallest absolute Gasteiger partial charge is 0.490 e. The van der Waals surface area contributed by atoms with E-state index in [1.54, 1.807) is 46.3 Å². The second kappa shape index (κ2) is 13.2. The van der Waals surface area contributed by atoms with Crippen molar-refractivity contribution in [2.24, 2.45) is 0 Å². The number of H-pyrrole nitrogens is 1. The van der Waals surface area contributed by atoms with E-state index in [0.29, 0.717) is 54.5 Å². The van der Waals surface area contributed by atoms with Gasteiger partial charge in [-0.05, 0) is 46.3 Å². The fourth-order valence-corrected chi connectivity index (χ4v) is 4.40. The third-order valence-electron chi connectivity index (χ3n) is 6.17. The minimum Gasteiger partial charge on any atom is -0.490 e. The quantitative estimate of drug-likeness (QED) is 0.254. The number of aromatic nitrogens is 3. The fraction of sp³-hybridized carbons (Fsp3) is 0.440. The van der Waals surface area contributed by atoms with Gasteiger partial charge in [0.25, 0.3) is 0 Å². The van der Waals surface area contributed by atoms with Gasteiger partial charge in [0.2, 0.25) is 0 Å². The maximum Gasteiger partial charge on any atom is 0.490 e. The van der Waals surface area contributed by atoms with Crippen LogP contribution in [0.4, 0.5) is 26.3 Å². The second-order valence-corrected chi connectivity index (χ2v) is 10.2. The number of carbonyl (C=O) groups is 2. The summed E-state index contributed by atoms with van der Waals surface area (Å²) in [7, 11) is 0. The number of hydrogen-bond donors (Lipinski definition) is 1. The normalized spacial score (nSPS) is 15.9. The van der Waals surface area contributed by atoms with E-state index in [4.69, 9.17) is 9.47 Å². The van der Waals surface area contributed by atoms with Crippen LogP contribution in [0, 0.1) is 0 Å². The van der Waals surface area contributed by atoms with Gasteiger partial charge in [0, 0.05) is 55.5 Å². The lowest BCUT2D eigenvalue weighted by Gasteiger charge is -2.36. The van der Waals surface area contributed by atoms with Gasteiger partial charge in [0.05, 0.1) is 0 Å². The number of alkyl halides is 6. The van der Waals surface area contributed by atoms with Gasteiger partial charge in [-0.3, -0.25) is 9.80 Å². The molecule has 1 aliphatic heterocycles. The zero-order valence-corrected chi connectivity index (χ0v) is 23.3. The number of fused-ring (bicyclic) bond motifs is 1. The average molecular weight is 668 g/mol. The van der Waals surface area contributed by atoms with E-state index in [9.17, 15) is 35.9 Å². The summed E-state index contributed by atoms with van der Waals surface area (Å²) in [5, 5.41) is 0. The van der Waals surface area contributed by atoms with Crippen molar-refractivity contribution in [2.75, 3.05) is 52.5 Å². The van der Waals surface area contributed by atoms with Crippen molar-refractivity contribution in [3.63, 3.8) is 0 Å². The number of hydrogen-bond acceptors (Lipinski definition) is 9. The Kier molecular flexibility index (Phi) is 9.93. The molecule has 3 heterocycles. The molecule has 1 atom stereocenters. The predicted octanol–water partition coefficient (Wildman–Crippen LogP) is 3.96. The summed E-state index contributed by atoms with van der Waals surface area (Å²) in [4.78, 5) is 37.7. The number of nitrogens with one attached hydrogen (secondary N) is 1. The van der Waals surface area contributed by atoms with Gasteiger partial charge in [0.1, 0.15) is 36.4 Å². The Bertz CT molecular complexity index is 1380. The fourth-order valence-electron chi connectivity index (χ4n) is 4.08. The Morgan fingerprint density at radius 3 is 2.26 bits per heavy atom. The average Bonchev–Trinajstić information content (AvgIpc) is 3.35. The first-order valence-electron chi connectivity index (χ1n) is 12.5. The van der Waals surface area contributed by atoms with Crippen molar-refractivity contribution in [3.05, 3.63) is 41.0 Å². The van der Waals surface area contributed by atoms with E-state index in [1.165, 1.54) is 0 Å². The van der Waals surface area contributed by atoms with Gasteiger partial charge >= 0.3 is 24.3 Å². The molecule has 3 aromatic rings. The summed E-state index contributed by atoms with van der Waals surface area (Å²) in [6.07, 6.45) is -9.90. The van der Waals surface area contributed by atoms with Crippen molar-refractivity contribution in [3.8, 4) is 17.1 Å². The molecular formula is C25H24BrF6N5O5. The molecule has 0 bridgehead atoms. The molecule has 2 aromatic heterocycles. The molecule has 0 radical (unpaired) electrons. The van der Waals surface area contributed by atoms with Crippen LogP contribution in [0.3, 0.4) is 0 Å². The largest absolute Gasteiger partial charge is 0.490 e. The van der Waals surface area contributed by atoms with Crippen LogP contribution in [-0.4, -0.2) is 108 Å². The van der Waals surface area contributed by atoms with Crippen molar-refractivity contribution in [2.45, 2.75) is 18.5 Å². The van der Waals surface area contributed by atoms with Crippen molar-refractivity contribution in [1.29, 1.82) is 0 Å². The Labute approximate surface area is 243 Å². The first-order valence-corrected chi connectivity index (χ1v) is 13.3. The van der Waals surface area contributed by atoms with E-state index in [-0.39, 0.29) is 19.7 Å². The zero-order valence-electron chi connectivity index (χ0n) is 21.7. The maximum atomic E-state index is 12.9. The Morgan fingerprint density at radius 2 is 1.62 bits per heavy atom. The topological polar surface area (TPSA) is 110 Å². The molecule has 1 fully saturated rings. The van der Waals surface area contributed by atoms with Crippen LogP contribution in [-0.2, 0) is 19.1 Å². The maximum absolute atomic E-state index is 12.9. The van der Waals surface area contributed by atoms with Crippen LogP contribution in [0.2, 0.25) is 0 Å². The Morgan fingerprint density at radius 1 is 0.976 bits per heavy atom. The molecular weight excluding hydrogens is 644 g/mol. The first-order chi connectivity index (χ1) is 19.8. The molecule has 1 N–H and O–H groups in total. The lowest BCUT2D eigenvalue weighted by atomic mass is 10.2. The van der Waals surface area contributed by atoms with Gasteiger partial charge in [-0.15, -0.1) is 0 Å². The SMILES string of the molecule is O=C(OCCN1CCN(CC(COc2ccc(-c3nc4cc(Br)cnc4[nH]3)cc2)OC(=O)C(F)(F)F)CC1)C(F)(F)F. The zero-order chi connectivity index (χ0) is 30.5. The number of imidazole rings is 1. The molecule has 4 rings (SSSR count). The minimum atomic E-state index is -5.19. The highest BCUT2D eigenvalue weighted by atomic mass is 79.9. The summed E-state index contributed by atoms with van der Waals surface area (Å²) in [5.41, 5.74) is 1.95. The van der Waals surface area contributed by atoms with Crippen LogP contribution in [0.15, 0.2) is 41.0 Å². The summed E-state index contributed by atoms with van der Waals surface area (Å²) < 4.78 is 90.7. The molecule has 1 saturated heterocycles. The van der Waals surface area contributed by atoms with Crippen molar-refractivity contribution < 1.29 is 50.1 Å². The van der Waals surface area contributed by atoms with Crippen LogP contribution in [0.1, 0.15) is 0 Å². The number of rotatable bonds is 10. The molecule has 17 heteroatoms. The number of halogens is 7. The third-order valence-corrected chi connectivity index (χ3v) is 6.60. The van der Waals surface area contributed by atoms with Gasteiger partial charge < -0.3 is 19.2 Å². The van der Waals surface area contributed by atoms with Crippen LogP contribution in [0.5, 0.6) is 5.75 Å². The number of esters is 2. The van der Waals surface area contributed by atoms with Crippen molar-refractivity contribution >= 4 is 39.0 Å². The Hall–Kier alpha value is -3.44.